The summed E-state index contributed by atoms with van der Waals surface area (Å²) >= 11 is 0. The van der Waals surface area contributed by atoms with Gasteiger partial charge in [0, 0.05) is 75.8 Å². The number of Topliss-reactive ketones (excluding diaryl/α,β-unsaturated/α-hetero) is 1. The average Bonchev–Trinajstić information content (AvgIpc) is 2.98. The number of ether oxygens (including phenoxy) is 4. The first-order chi connectivity index (χ1) is 21.6. The molecule has 46 heavy (non-hydrogen) atoms. The Bertz CT molecular complexity index is 1170. The van der Waals surface area contributed by atoms with Crippen LogP contribution in [0.25, 0.3) is 0 Å². The first-order valence-corrected chi connectivity index (χ1v) is 16.7. The second-order valence-corrected chi connectivity index (χ2v) is 15.0. The lowest BCUT2D eigenvalue weighted by Gasteiger charge is -2.47. The highest BCUT2D eigenvalue weighted by molar-refractivity contribution is 6.04. The third-order valence-electron chi connectivity index (χ3n) is 10.5. The maximum atomic E-state index is 14.2. The smallest absolute Gasteiger partial charge is 0.319 e. The maximum Gasteiger partial charge on any atom is 0.319 e. The highest BCUT2D eigenvalue weighted by Gasteiger charge is 2.52. The number of carbonyl (C=O) groups excluding carboxylic acids is 2. The lowest BCUT2D eigenvalue weighted by molar-refractivity contribution is -0.295. The number of esters is 1. The Hall–Kier alpha value is -2.06. The first-order valence-electron chi connectivity index (χ1n) is 16.7. The summed E-state index contributed by atoms with van der Waals surface area (Å²) in [5, 5.41) is 11.3. The Morgan fingerprint density at radius 2 is 1.80 bits per heavy atom. The summed E-state index contributed by atoms with van der Waals surface area (Å²) in [6.45, 7) is 14.4. The van der Waals surface area contributed by atoms with E-state index in [9.17, 15) is 14.7 Å². The van der Waals surface area contributed by atoms with E-state index in [1.54, 1.807) is 46.5 Å². The number of aromatic nitrogens is 2. The monoisotopic (exact) mass is 647 g/mol. The molecule has 4 heterocycles. The highest BCUT2D eigenvalue weighted by atomic mass is 16.7. The van der Waals surface area contributed by atoms with Crippen molar-refractivity contribution >= 4 is 11.8 Å². The molecule has 4 rings (SSSR count). The summed E-state index contributed by atoms with van der Waals surface area (Å²) < 4.78 is 25.0. The molecule has 0 aliphatic carbocycles. The predicted molar refractivity (Wildman–Crippen MR) is 173 cm³/mol. The van der Waals surface area contributed by atoms with Crippen molar-refractivity contribution in [2.45, 2.75) is 103 Å². The van der Waals surface area contributed by atoms with Gasteiger partial charge in [0.05, 0.1) is 23.5 Å². The SMILES string of the molecule is CO[C@]1(C)C[C@@H](C)CN(C)C(C2CN(Cc3cnccn3)C2)COC(=O)C(C)(C)C(=O)[C@H](C)[C@H]1O[C@@H]1O[C@H](C)C[C@H](N(C)C)[C@H]1O. The van der Waals surface area contributed by atoms with E-state index >= 15 is 0 Å². The van der Waals surface area contributed by atoms with Gasteiger partial charge in [0.25, 0.3) is 0 Å². The van der Waals surface area contributed by atoms with Crippen LogP contribution in [0.2, 0.25) is 0 Å². The van der Waals surface area contributed by atoms with Crippen LogP contribution in [0.3, 0.4) is 0 Å². The van der Waals surface area contributed by atoms with Gasteiger partial charge in [-0.1, -0.05) is 13.8 Å². The minimum absolute atomic E-state index is 0.0234. The van der Waals surface area contributed by atoms with Gasteiger partial charge in [-0.3, -0.25) is 29.4 Å². The van der Waals surface area contributed by atoms with E-state index in [0.717, 1.165) is 31.9 Å². The fourth-order valence-corrected chi connectivity index (χ4v) is 7.68. The minimum Gasteiger partial charge on any atom is -0.463 e. The van der Waals surface area contributed by atoms with Crippen LogP contribution in [-0.2, 0) is 35.1 Å². The molecular formula is C34H57N5O7. The molecule has 260 valence electrons. The number of carbonyl (C=O) groups is 2. The van der Waals surface area contributed by atoms with Crippen molar-refractivity contribution in [3.63, 3.8) is 0 Å². The maximum absolute atomic E-state index is 14.2. The fourth-order valence-electron chi connectivity index (χ4n) is 7.68. The average molecular weight is 648 g/mol. The second-order valence-electron chi connectivity index (χ2n) is 15.0. The first kappa shape index (κ1) is 36.8. The number of rotatable bonds is 7. The summed E-state index contributed by atoms with van der Waals surface area (Å²) in [7, 11) is 7.55. The molecule has 0 aromatic carbocycles. The van der Waals surface area contributed by atoms with Crippen molar-refractivity contribution in [2.75, 3.05) is 54.5 Å². The quantitative estimate of drug-likeness (QED) is 0.345. The molecule has 0 bridgehead atoms. The molecule has 3 aliphatic rings. The van der Waals surface area contributed by atoms with E-state index in [-0.39, 0.29) is 42.4 Å². The number of likely N-dealkylation sites (tertiary alicyclic amines) is 1. The molecule has 1 N–H and O–H groups in total. The van der Waals surface area contributed by atoms with E-state index in [4.69, 9.17) is 18.9 Å². The third-order valence-corrected chi connectivity index (χ3v) is 10.5. The van der Waals surface area contributed by atoms with Crippen LogP contribution >= 0.6 is 0 Å². The summed E-state index contributed by atoms with van der Waals surface area (Å²) in [6.07, 6.45) is 3.52. The van der Waals surface area contributed by atoms with Crippen molar-refractivity contribution < 1.29 is 33.6 Å². The Balaban J connectivity index is 1.59. The predicted octanol–water partition coefficient (Wildman–Crippen LogP) is 2.24. The molecule has 1 aromatic rings. The molecular weight excluding hydrogens is 590 g/mol. The number of cyclic esters (lactones) is 1. The van der Waals surface area contributed by atoms with Gasteiger partial charge in [-0.2, -0.15) is 0 Å². The van der Waals surface area contributed by atoms with Gasteiger partial charge in [0.2, 0.25) is 0 Å². The summed E-state index contributed by atoms with van der Waals surface area (Å²) in [6, 6.07) is -0.202. The molecule has 3 saturated heterocycles. The van der Waals surface area contributed by atoms with Gasteiger partial charge >= 0.3 is 5.97 Å². The number of aliphatic hydroxyl groups excluding tert-OH is 1. The van der Waals surface area contributed by atoms with Crippen molar-refractivity contribution in [2.24, 2.45) is 23.2 Å². The van der Waals surface area contributed by atoms with Crippen LogP contribution in [0.1, 0.15) is 60.1 Å². The number of methoxy groups -OCH3 is 1. The molecule has 12 heteroatoms. The zero-order valence-corrected chi connectivity index (χ0v) is 29.5. The zero-order valence-electron chi connectivity index (χ0n) is 29.5. The van der Waals surface area contributed by atoms with Crippen molar-refractivity contribution in [3.8, 4) is 0 Å². The number of ketones is 1. The lowest BCUT2D eigenvalue weighted by Crippen LogP contribution is -2.59. The van der Waals surface area contributed by atoms with Crippen LogP contribution in [0, 0.1) is 23.2 Å². The molecule has 1 unspecified atom stereocenters. The second kappa shape index (κ2) is 15.0. The van der Waals surface area contributed by atoms with Crippen molar-refractivity contribution in [1.29, 1.82) is 0 Å². The molecule has 3 aliphatic heterocycles. The molecule has 1 aromatic heterocycles. The van der Waals surface area contributed by atoms with Gasteiger partial charge in [-0.15, -0.1) is 0 Å². The molecule has 0 amide bonds. The molecule has 3 fully saturated rings. The van der Waals surface area contributed by atoms with E-state index in [0.29, 0.717) is 12.8 Å². The van der Waals surface area contributed by atoms with E-state index in [1.165, 1.54) is 0 Å². The number of hydrogen-bond donors (Lipinski definition) is 1. The summed E-state index contributed by atoms with van der Waals surface area (Å²) in [5.41, 5.74) is -1.44. The summed E-state index contributed by atoms with van der Waals surface area (Å²) in [5.74, 6) is -1.20. The summed E-state index contributed by atoms with van der Waals surface area (Å²) in [4.78, 5) is 43.0. The Kier molecular flexibility index (Phi) is 12.0. The number of hydrogen-bond acceptors (Lipinski definition) is 12. The number of likely N-dealkylation sites (N-methyl/N-ethyl adjacent to an activating group) is 2. The molecule has 0 saturated carbocycles. The fraction of sp³-hybridized carbons (Fsp3) is 0.824. The van der Waals surface area contributed by atoms with Gasteiger partial charge in [0.15, 0.2) is 12.1 Å². The van der Waals surface area contributed by atoms with Gasteiger partial charge in [-0.05, 0) is 67.6 Å². The molecule has 0 spiro atoms. The van der Waals surface area contributed by atoms with E-state index in [1.807, 2.05) is 32.8 Å². The van der Waals surface area contributed by atoms with Crippen LogP contribution in [0.5, 0.6) is 0 Å². The van der Waals surface area contributed by atoms with Gasteiger partial charge < -0.3 is 29.0 Å². The number of nitrogens with zero attached hydrogens (tertiary/aromatic N) is 5. The van der Waals surface area contributed by atoms with E-state index in [2.05, 4.69) is 33.7 Å². The van der Waals surface area contributed by atoms with E-state index < -0.39 is 41.4 Å². The zero-order chi connectivity index (χ0) is 34.0. The third kappa shape index (κ3) is 8.14. The normalized spacial score (nSPS) is 37.6. The van der Waals surface area contributed by atoms with Crippen LogP contribution in [0.4, 0.5) is 0 Å². The number of aliphatic hydroxyl groups is 1. The topological polar surface area (TPSA) is 127 Å². The molecule has 9 atom stereocenters. The molecule has 0 radical (unpaired) electrons. The van der Waals surface area contributed by atoms with Crippen LogP contribution < -0.4 is 0 Å². The highest BCUT2D eigenvalue weighted by Crippen LogP contribution is 2.38. The standard InChI is InChI=1S/C34H57N5O7/c1-21-14-34(6,43-10)30(46-31-28(40)26(37(7)8)13-22(2)45-31)23(3)29(41)33(4,5)32(42)44-20-27(38(9)16-21)24-17-39(18-24)19-25-15-35-11-12-36-25/h11-12,15,21-24,26-28,30-31,40H,13-14,16-20H2,1-10H3/t21-,22-,23+,26+,27?,28-,30-,31+,34-/m1/s1. The van der Waals surface area contributed by atoms with Gasteiger partial charge in [-0.25, -0.2) is 0 Å². The van der Waals surface area contributed by atoms with Crippen molar-refractivity contribution in [1.82, 2.24) is 24.7 Å². The van der Waals surface area contributed by atoms with Gasteiger partial charge in [0.1, 0.15) is 18.1 Å². The lowest BCUT2D eigenvalue weighted by atomic mass is 9.74. The Labute approximate surface area is 275 Å². The molecule has 12 nitrogen and oxygen atoms in total. The Morgan fingerprint density at radius 1 is 1.11 bits per heavy atom. The van der Waals surface area contributed by atoms with Crippen molar-refractivity contribution in [3.05, 3.63) is 24.3 Å². The van der Waals surface area contributed by atoms with Crippen LogP contribution in [-0.4, -0.2) is 138 Å². The largest absolute Gasteiger partial charge is 0.463 e. The Morgan fingerprint density at radius 3 is 2.41 bits per heavy atom. The van der Waals surface area contributed by atoms with Crippen LogP contribution in [0.15, 0.2) is 18.6 Å². The minimum atomic E-state index is -1.43.